The van der Waals surface area contributed by atoms with Crippen LogP contribution in [0.4, 0.5) is 13.2 Å². The average molecular weight is 352 g/mol. The van der Waals surface area contributed by atoms with Gasteiger partial charge in [-0.25, -0.2) is 4.99 Å². The molecule has 1 aliphatic rings. The van der Waals surface area contributed by atoms with Crippen molar-refractivity contribution in [1.29, 1.82) is 0 Å². The molecule has 0 saturated carbocycles. The van der Waals surface area contributed by atoms with Gasteiger partial charge in [0, 0.05) is 11.8 Å². The lowest BCUT2D eigenvalue weighted by Crippen LogP contribution is -2.49. The van der Waals surface area contributed by atoms with Gasteiger partial charge in [-0.05, 0) is 18.2 Å². The fourth-order valence-electron chi connectivity index (χ4n) is 1.59. The van der Waals surface area contributed by atoms with Crippen LogP contribution in [0.5, 0.6) is 0 Å². The molecule has 1 atom stereocenters. The fourth-order valence-corrected chi connectivity index (χ4v) is 1.59. The summed E-state index contributed by atoms with van der Waals surface area (Å²) in [6.07, 6.45) is -0.648. The van der Waals surface area contributed by atoms with Crippen molar-refractivity contribution in [2.24, 2.45) is 16.5 Å². The van der Waals surface area contributed by atoms with Gasteiger partial charge in [0.15, 0.2) is 0 Å². The average Bonchev–Trinajstić information content (AvgIpc) is 2.35. The minimum Gasteiger partial charge on any atom is -0.384 e. The summed E-state index contributed by atoms with van der Waals surface area (Å²) >= 11 is 0. The van der Waals surface area contributed by atoms with Crippen LogP contribution in [-0.2, 0) is 22.1 Å². The number of amidine groups is 1. The van der Waals surface area contributed by atoms with Crippen molar-refractivity contribution in [2.75, 3.05) is 6.26 Å². The Kier molecular flexibility index (Phi) is 5.40. The summed E-state index contributed by atoms with van der Waals surface area (Å²) in [6.45, 7) is 0. The Hall–Kier alpha value is -2.11. The van der Waals surface area contributed by atoms with Crippen molar-refractivity contribution in [2.45, 2.75) is 12.0 Å². The fraction of sp³-hybridized carbons (Fsp3) is 0.250. The topological polar surface area (TPSA) is 131 Å². The Morgan fingerprint density at radius 3 is 2.13 bits per heavy atom. The van der Waals surface area contributed by atoms with Gasteiger partial charge < -0.3 is 11.1 Å². The number of hydrogen-bond acceptors (Lipinski definition) is 6. The molecule has 2 rings (SSSR count). The van der Waals surface area contributed by atoms with Crippen LogP contribution in [0, 0.1) is 0 Å². The predicted octanol–water partition coefficient (Wildman–Crippen LogP) is 0.753. The van der Waals surface area contributed by atoms with E-state index in [9.17, 15) is 21.6 Å². The van der Waals surface area contributed by atoms with Gasteiger partial charge in [-0.1, -0.05) is 12.1 Å². The standard InChI is InChI=1S/C11H11F3N4.CH4O3S/c12-10(13,14)7-1-3-8(4-2-7)11(16)17-6-5-9(15)18-11;1-5(2,3)4/h1-6,17H,16H2,(H2,15,18);1H3,(H,2,3,4). The van der Waals surface area contributed by atoms with Gasteiger partial charge in [-0.2, -0.15) is 21.6 Å². The van der Waals surface area contributed by atoms with E-state index in [1.807, 2.05) is 0 Å². The van der Waals surface area contributed by atoms with Crippen LogP contribution in [0.3, 0.4) is 0 Å². The van der Waals surface area contributed by atoms with E-state index in [4.69, 9.17) is 16.0 Å². The van der Waals surface area contributed by atoms with E-state index in [1.165, 1.54) is 24.4 Å². The molecule has 23 heavy (non-hydrogen) atoms. The third-order valence-corrected chi connectivity index (χ3v) is 2.52. The second kappa shape index (κ2) is 6.56. The van der Waals surface area contributed by atoms with E-state index < -0.39 is 27.6 Å². The molecule has 6 N–H and O–H groups in total. The molecular weight excluding hydrogens is 337 g/mol. The quantitative estimate of drug-likeness (QED) is 0.552. The molecule has 0 spiro atoms. The van der Waals surface area contributed by atoms with Gasteiger partial charge in [0.25, 0.3) is 10.1 Å². The lowest BCUT2D eigenvalue weighted by molar-refractivity contribution is -0.137. The first-order chi connectivity index (χ1) is 10.3. The molecule has 1 aromatic carbocycles. The van der Waals surface area contributed by atoms with Crippen molar-refractivity contribution < 1.29 is 26.1 Å². The highest BCUT2D eigenvalue weighted by atomic mass is 32.2. The first kappa shape index (κ1) is 18.9. The van der Waals surface area contributed by atoms with E-state index in [0.717, 1.165) is 12.1 Å². The van der Waals surface area contributed by atoms with Gasteiger partial charge in [-0.15, -0.1) is 0 Å². The van der Waals surface area contributed by atoms with Gasteiger partial charge >= 0.3 is 6.18 Å². The first-order valence-corrected chi connectivity index (χ1v) is 7.85. The third-order valence-electron chi connectivity index (χ3n) is 2.52. The molecule has 0 aliphatic carbocycles. The third kappa shape index (κ3) is 6.26. The Labute approximate surface area is 130 Å². The van der Waals surface area contributed by atoms with E-state index in [2.05, 4.69) is 10.3 Å². The Morgan fingerprint density at radius 2 is 1.74 bits per heavy atom. The summed E-state index contributed by atoms with van der Waals surface area (Å²) in [7, 11) is -3.67. The SMILES string of the molecule is CS(=O)(=O)O.NC1=NC(N)(c2ccc(C(F)(F)F)cc2)NC=C1. The number of benzene rings is 1. The van der Waals surface area contributed by atoms with E-state index in [0.29, 0.717) is 11.8 Å². The van der Waals surface area contributed by atoms with Gasteiger partial charge in [0.1, 0.15) is 5.84 Å². The van der Waals surface area contributed by atoms with E-state index in [1.54, 1.807) is 0 Å². The minimum absolute atomic E-state index is 0.205. The Morgan fingerprint density at radius 1 is 1.26 bits per heavy atom. The highest BCUT2D eigenvalue weighted by molar-refractivity contribution is 7.85. The van der Waals surface area contributed by atoms with E-state index in [-0.39, 0.29) is 5.84 Å². The summed E-state index contributed by atoms with van der Waals surface area (Å²) in [5.41, 5.74) is 11.1. The predicted molar refractivity (Wildman–Crippen MR) is 78.7 cm³/mol. The van der Waals surface area contributed by atoms with Crippen LogP contribution < -0.4 is 16.8 Å². The molecule has 1 aliphatic heterocycles. The normalized spacial score (nSPS) is 20.9. The molecule has 7 nitrogen and oxygen atoms in total. The molecule has 0 saturated heterocycles. The Balaban J connectivity index is 0.000000463. The minimum atomic E-state index is -4.37. The molecule has 1 unspecified atom stereocenters. The van der Waals surface area contributed by atoms with Gasteiger partial charge in [0.2, 0.25) is 5.79 Å². The zero-order valence-corrected chi connectivity index (χ0v) is 12.7. The number of nitrogens with two attached hydrogens (primary N) is 2. The molecule has 11 heteroatoms. The number of nitrogens with zero attached hydrogens (tertiary/aromatic N) is 1. The summed E-state index contributed by atoms with van der Waals surface area (Å²) < 4.78 is 63.1. The largest absolute Gasteiger partial charge is 0.416 e. The summed E-state index contributed by atoms with van der Waals surface area (Å²) in [5, 5.41) is 2.75. The zero-order valence-electron chi connectivity index (χ0n) is 11.9. The van der Waals surface area contributed by atoms with Crippen LogP contribution in [0.1, 0.15) is 11.1 Å². The lowest BCUT2D eigenvalue weighted by atomic mass is 10.1. The zero-order chi connectivity index (χ0) is 17.9. The second-order valence-corrected chi connectivity index (χ2v) is 6.05. The molecule has 0 bridgehead atoms. The highest BCUT2D eigenvalue weighted by Gasteiger charge is 2.32. The van der Waals surface area contributed by atoms with Gasteiger partial charge in [0.05, 0.1) is 11.8 Å². The first-order valence-electron chi connectivity index (χ1n) is 6.00. The van der Waals surface area contributed by atoms with Crippen molar-refractivity contribution in [1.82, 2.24) is 5.32 Å². The summed E-state index contributed by atoms with van der Waals surface area (Å²) in [4.78, 5) is 3.97. The van der Waals surface area contributed by atoms with Crippen LogP contribution in [0.2, 0.25) is 0 Å². The summed E-state index contributed by atoms with van der Waals surface area (Å²) in [6, 6.07) is 4.45. The molecular formula is C12H15F3N4O3S. The van der Waals surface area contributed by atoms with Crippen molar-refractivity contribution in [3.8, 4) is 0 Å². The highest BCUT2D eigenvalue weighted by Crippen LogP contribution is 2.30. The smallest absolute Gasteiger partial charge is 0.384 e. The number of nitrogens with one attached hydrogen (secondary N) is 1. The molecule has 0 fully saturated rings. The molecule has 1 aromatic rings. The monoisotopic (exact) mass is 352 g/mol. The van der Waals surface area contributed by atoms with Crippen LogP contribution in [0.15, 0.2) is 41.5 Å². The number of hydrogen-bond donors (Lipinski definition) is 4. The second-order valence-electron chi connectivity index (χ2n) is 4.59. The van der Waals surface area contributed by atoms with Gasteiger partial charge in [-0.3, -0.25) is 10.3 Å². The Bertz CT molecular complexity index is 706. The molecule has 0 radical (unpaired) electrons. The molecule has 128 valence electrons. The van der Waals surface area contributed by atoms with Crippen molar-refractivity contribution in [3.63, 3.8) is 0 Å². The van der Waals surface area contributed by atoms with E-state index >= 15 is 0 Å². The molecule has 0 amide bonds. The number of rotatable bonds is 1. The number of halogens is 3. The van der Waals surface area contributed by atoms with Crippen LogP contribution in [0.25, 0.3) is 0 Å². The number of aliphatic imine (C=N–C) groups is 1. The van der Waals surface area contributed by atoms with Crippen molar-refractivity contribution in [3.05, 3.63) is 47.7 Å². The summed E-state index contributed by atoms with van der Waals surface area (Å²) in [5.74, 6) is -1.13. The van der Waals surface area contributed by atoms with Crippen molar-refractivity contribution >= 4 is 16.0 Å². The van der Waals surface area contributed by atoms with Crippen LogP contribution in [-0.4, -0.2) is 25.1 Å². The molecule has 0 aromatic heterocycles. The lowest BCUT2D eigenvalue weighted by Gasteiger charge is -2.28. The molecule has 1 heterocycles. The maximum absolute atomic E-state index is 12.4. The number of alkyl halides is 3. The van der Waals surface area contributed by atoms with Crippen LogP contribution >= 0.6 is 0 Å². The maximum Gasteiger partial charge on any atom is 0.416 e. The maximum atomic E-state index is 12.4.